The first-order valence-electron chi connectivity index (χ1n) is 8.12. The highest BCUT2D eigenvalue weighted by Crippen LogP contribution is 2.32. The third kappa shape index (κ3) is 6.10. The summed E-state index contributed by atoms with van der Waals surface area (Å²) in [7, 11) is 0. The molecule has 0 fully saturated rings. The summed E-state index contributed by atoms with van der Waals surface area (Å²) < 4.78 is 10.9. The van der Waals surface area contributed by atoms with E-state index in [1.807, 2.05) is 0 Å². The van der Waals surface area contributed by atoms with Crippen molar-refractivity contribution in [2.45, 2.75) is 39.4 Å². The zero-order valence-electron chi connectivity index (χ0n) is 15.4. The minimum Gasteiger partial charge on any atom is -0.478 e. The predicted molar refractivity (Wildman–Crippen MR) is 101 cm³/mol. The van der Waals surface area contributed by atoms with Crippen molar-refractivity contribution in [3.8, 4) is 5.75 Å². The Kier molecular flexibility index (Phi) is 6.22. The number of amides is 1. The van der Waals surface area contributed by atoms with Crippen molar-refractivity contribution in [3.05, 3.63) is 57.2 Å². The zero-order valence-corrected chi connectivity index (χ0v) is 16.1. The highest BCUT2D eigenvalue weighted by atomic mass is 35.5. The molecule has 27 heavy (non-hydrogen) atoms. The lowest BCUT2D eigenvalue weighted by Crippen LogP contribution is -2.27. The summed E-state index contributed by atoms with van der Waals surface area (Å²) in [5.41, 5.74) is 0.588. The first-order chi connectivity index (χ1) is 12.5. The van der Waals surface area contributed by atoms with E-state index in [1.54, 1.807) is 52.0 Å². The Bertz CT molecular complexity index is 851. The second-order valence-corrected chi connectivity index (χ2v) is 7.18. The molecule has 1 aromatic carbocycles. The van der Waals surface area contributed by atoms with Crippen molar-refractivity contribution in [1.82, 2.24) is 4.98 Å². The summed E-state index contributed by atoms with van der Waals surface area (Å²) in [5.74, 6) is -0.459. The smallest absolute Gasteiger partial charge is 0.412 e. The largest absolute Gasteiger partial charge is 0.478 e. The maximum atomic E-state index is 11.9. The van der Waals surface area contributed by atoms with Gasteiger partial charge in [0.05, 0.1) is 5.02 Å². The lowest BCUT2D eigenvalue weighted by Gasteiger charge is -2.20. The van der Waals surface area contributed by atoms with Crippen LogP contribution in [0.5, 0.6) is 5.75 Å². The molecule has 1 amide bonds. The Morgan fingerprint density at radius 2 is 2.04 bits per heavy atom. The molecule has 1 aromatic heterocycles. The molecule has 1 N–H and O–H groups in total. The molecular weight excluding hydrogens is 374 g/mol. The standard InChI is InChI=1S/C18H20ClN3O5/c1-11(26-15-9-13(19)10-20-16(15)22(24)25)12-6-5-7-14(8-12)21-17(23)27-18(2,3)4/h5-11H,1-4H3,(H,21,23)/t11-/m0/s1. The van der Waals surface area contributed by atoms with Gasteiger partial charge in [-0.25, -0.2) is 4.79 Å². The fourth-order valence-corrected chi connectivity index (χ4v) is 2.33. The monoisotopic (exact) mass is 393 g/mol. The van der Waals surface area contributed by atoms with Gasteiger partial charge in [0.25, 0.3) is 0 Å². The molecule has 9 heteroatoms. The number of anilines is 1. The van der Waals surface area contributed by atoms with Crippen LogP contribution >= 0.6 is 11.6 Å². The molecule has 2 aromatic rings. The van der Waals surface area contributed by atoms with E-state index in [0.717, 1.165) is 0 Å². The molecule has 2 rings (SSSR count). The zero-order chi connectivity index (χ0) is 20.2. The van der Waals surface area contributed by atoms with Crippen molar-refractivity contribution >= 4 is 29.2 Å². The van der Waals surface area contributed by atoms with E-state index in [9.17, 15) is 14.9 Å². The number of nitrogens with zero attached hydrogens (tertiary/aromatic N) is 2. The van der Waals surface area contributed by atoms with Gasteiger partial charge in [-0.15, -0.1) is 0 Å². The first-order valence-corrected chi connectivity index (χ1v) is 8.49. The molecule has 0 aliphatic rings. The van der Waals surface area contributed by atoms with Gasteiger partial charge >= 0.3 is 11.9 Å². The highest BCUT2D eigenvalue weighted by molar-refractivity contribution is 6.30. The number of rotatable bonds is 5. The summed E-state index contributed by atoms with van der Waals surface area (Å²) in [4.78, 5) is 26.0. The molecule has 0 unspecified atom stereocenters. The van der Waals surface area contributed by atoms with Crippen LogP contribution in [0.2, 0.25) is 5.02 Å². The third-order valence-electron chi connectivity index (χ3n) is 3.28. The molecule has 0 aliphatic heterocycles. The molecule has 0 spiro atoms. The van der Waals surface area contributed by atoms with Crippen LogP contribution in [-0.2, 0) is 4.74 Å². The number of aromatic nitrogens is 1. The van der Waals surface area contributed by atoms with Gasteiger partial charge in [0.1, 0.15) is 11.7 Å². The van der Waals surface area contributed by atoms with Gasteiger partial charge in [-0.2, -0.15) is 0 Å². The minimum absolute atomic E-state index is 0.0366. The fraction of sp³-hybridized carbons (Fsp3) is 0.333. The number of ether oxygens (including phenoxy) is 2. The Balaban J connectivity index is 2.16. The number of nitrogens with one attached hydrogen (secondary N) is 1. The van der Waals surface area contributed by atoms with E-state index in [2.05, 4.69) is 10.3 Å². The summed E-state index contributed by atoms with van der Waals surface area (Å²) >= 11 is 5.86. The van der Waals surface area contributed by atoms with Gasteiger partial charge in [-0.05, 0) is 55.3 Å². The summed E-state index contributed by atoms with van der Waals surface area (Å²) in [6.45, 7) is 7.03. The lowest BCUT2D eigenvalue weighted by molar-refractivity contribution is -0.390. The summed E-state index contributed by atoms with van der Waals surface area (Å²) in [6, 6.07) is 8.23. The fourth-order valence-electron chi connectivity index (χ4n) is 2.19. The Morgan fingerprint density at radius 1 is 1.33 bits per heavy atom. The van der Waals surface area contributed by atoms with Crippen molar-refractivity contribution in [1.29, 1.82) is 0 Å². The summed E-state index contributed by atoms with van der Waals surface area (Å²) in [5, 5.41) is 14.0. The number of hydrogen-bond donors (Lipinski definition) is 1. The van der Waals surface area contributed by atoms with E-state index in [4.69, 9.17) is 21.1 Å². The van der Waals surface area contributed by atoms with E-state index < -0.39 is 28.5 Å². The Morgan fingerprint density at radius 3 is 2.67 bits per heavy atom. The van der Waals surface area contributed by atoms with E-state index in [1.165, 1.54) is 12.3 Å². The number of carbonyl (C=O) groups is 1. The number of nitro groups is 1. The van der Waals surface area contributed by atoms with Gasteiger partial charge in [-0.3, -0.25) is 5.32 Å². The number of halogens is 1. The first kappa shape index (κ1) is 20.4. The third-order valence-corrected chi connectivity index (χ3v) is 3.48. The molecule has 0 saturated heterocycles. The average molecular weight is 394 g/mol. The molecule has 144 valence electrons. The van der Waals surface area contributed by atoms with E-state index >= 15 is 0 Å². The lowest BCUT2D eigenvalue weighted by atomic mass is 10.1. The molecule has 0 radical (unpaired) electrons. The van der Waals surface area contributed by atoms with Crippen LogP contribution in [0.25, 0.3) is 0 Å². The second-order valence-electron chi connectivity index (χ2n) is 6.74. The Labute approximate surface area is 161 Å². The number of hydrogen-bond acceptors (Lipinski definition) is 6. The van der Waals surface area contributed by atoms with Crippen LogP contribution in [0.1, 0.15) is 39.4 Å². The van der Waals surface area contributed by atoms with Crippen molar-refractivity contribution in [2.75, 3.05) is 5.32 Å². The van der Waals surface area contributed by atoms with Crippen LogP contribution < -0.4 is 10.1 Å². The molecule has 1 atom stereocenters. The van der Waals surface area contributed by atoms with Gasteiger partial charge < -0.3 is 19.6 Å². The van der Waals surface area contributed by atoms with Gasteiger partial charge in [-0.1, -0.05) is 23.7 Å². The van der Waals surface area contributed by atoms with Crippen molar-refractivity contribution < 1.29 is 19.2 Å². The van der Waals surface area contributed by atoms with Crippen LogP contribution in [-0.4, -0.2) is 21.6 Å². The molecule has 8 nitrogen and oxygen atoms in total. The topological polar surface area (TPSA) is 104 Å². The quantitative estimate of drug-likeness (QED) is 0.557. The Hall–Kier alpha value is -2.87. The normalized spacial score (nSPS) is 12.2. The van der Waals surface area contributed by atoms with Crippen molar-refractivity contribution in [2.24, 2.45) is 0 Å². The molecule has 0 saturated carbocycles. The molecule has 0 bridgehead atoms. The highest BCUT2D eigenvalue weighted by Gasteiger charge is 2.21. The van der Waals surface area contributed by atoms with Crippen molar-refractivity contribution in [3.63, 3.8) is 0 Å². The molecule has 1 heterocycles. The minimum atomic E-state index is -0.640. The van der Waals surface area contributed by atoms with Crippen LogP contribution in [0.15, 0.2) is 36.5 Å². The predicted octanol–water partition coefficient (Wildman–Crippen LogP) is 5.13. The van der Waals surface area contributed by atoms with Crippen LogP contribution in [0.4, 0.5) is 16.3 Å². The van der Waals surface area contributed by atoms with Gasteiger partial charge in [0.2, 0.25) is 5.75 Å². The molecular formula is C18H20ClN3O5. The van der Waals surface area contributed by atoms with Gasteiger partial charge in [0, 0.05) is 11.8 Å². The van der Waals surface area contributed by atoms with Crippen LogP contribution in [0, 0.1) is 10.1 Å². The summed E-state index contributed by atoms with van der Waals surface area (Å²) in [6.07, 6.45) is 0.0510. The van der Waals surface area contributed by atoms with Gasteiger partial charge in [0.15, 0.2) is 6.20 Å². The van der Waals surface area contributed by atoms with Crippen LogP contribution in [0.3, 0.4) is 0 Å². The number of pyridine rings is 1. The number of carbonyl (C=O) groups excluding carboxylic acids is 1. The second kappa shape index (κ2) is 8.22. The number of benzene rings is 1. The maximum Gasteiger partial charge on any atom is 0.412 e. The van der Waals surface area contributed by atoms with E-state index in [0.29, 0.717) is 11.3 Å². The average Bonchev–Trinajstić information content (AvgIpc) is 2.53. The maximum absolute atomic E-state index is 11.9. The SMILES string of the molecule is C[C@H](Oc1cc(Cl)cnc1[N+](=O)[O-])c1cccc(NC(=O)OC(C)(C)C)c1. The van der Waals surface area contributed by atoms with E-state index in [-0.39, 0.29) is 10.8 Å². The molecule has 0 aliphatic carbocycles.